The summed E-state index contributed by atoms with van der Waals surface area (Å²) in [5, 5.41) is 7.30. The van der Waals surface area contributed by atoms with Gasteiger partial charge in [-0.1, -0.05) is 24.3 Å². The third kappa shape index (κ3) is 3.07. The summed E-state index contributed by atoms with van der Waals surface area (Å²) in [4.78, 5) is 13.8. The van der Waals surface area contributed by atoms with Crippen LogP contribution in [0.5, 0.6) is 0 Å². The van der Waals surface area contributed by atoms with Crippen molar-refractivity contribution in [3.8, 4) is 0 Å². The van der Waals surface area contributed by atoms with Crippen molar-refractivity contribution >= 4 is 11.7 Å². The van der Waals surface area contributed by atoms with E-state index in [0.29, 0.717) is 38.3 Å². The Labute approximate surface area is 106 Å². The fraction of sp³-hybridized carbons (Fsp3) is 0.385. The second kappa shape index (κ2) is 5.64. The number of amides is 1. The van der Waals surface area contributed by atoms with Gasteiger partial charge in [-0.3, -0.25) is 10.2 Å². The van der Waals surface area contributed by atoms with Gasteiger partial charge < -0.3 is 15.4 Å². The predicted octanol–water partition coefficient (Wildman–Crippen LogP) is 0.372. The summed E-state index contributed by atoms with van der Waals surface area (Å²) in [5.41, 5.74) is 7.00. The molecule has 0 aromatic heterocycles. The van der Waals surface area contributed by atoms with Gasteiger partial charge in [-0.25, -0.2) is 0 Å². The lowest BCUT2D eigenvalue weighted by Gasteiger charge is -2.26. The number of ether oxygens (including phenoxy) is 1. The fourth-order valence-corrected chi connectivity index (χ4v) is 1.90. The lowest BCUT2D eigenvalue weighted by Crippen LogP contribution is -2.41. The molecule has 0 spiro atoms. The van der Waals surface area contributed by atoms with Gasteiger partial charge in [0.15, 0.2) is 0 Å². The maximum atomic E-state index is 12.0. The Kier molecular flexibility index (Phi) is 3.94. The van der Waals surface area contributed by atoms with Crippen LogP contribution in [0.2, 0.25) is 0 Å². The highest BCUT2D eigenvalue weighted by molar-refractivity contribution is 5.95. The molecule has 1 heterocycles. The van der Waals surface area contributed by atoms with E-state index in [9.17, 15) is 4.79 Å². The van der Waals surface area contributed by atoms with Crippen LogP contribution in [-0.2, 0) is 16.0 Å². The van der Waals surface area contributed by atoms with Crippen molar-refractivity contribution in [2.75, 3.05) is 26.3 Å². The van der Waals surface area contributed by atoms with Crippen LogP contribution in [0, 0.1) is 5.41 Å². The smallest absolute Gasteiger partial charge is 0.227 e. The van der Waals surface area contributed by atoms with Crippen molar-refractivity contribution in [1.29, 1.82) is 5.41 Å². The molecule has 96 valence electrons. The van der Waals surface area contributed by atoms with Gasteiger partial charge >= 0.3 is 0 Å². The zero-order chi connectivity index (χ0) is 13.0. The molecule has 1 aromatic rings. The normalized spacial score (nSPS) is 15.4. The molecule has 1 fully saturated rings. The SMILES string of the molecule is N=C(N)c1ccc(CC(=O)N2CCOCC2)cc1. The molecule has 18 heavy (non-hydrogen) atoms. The molecule has 0 atom stereocenters. The van der Waals surface area contributed by atoms with E-state index in [0.717, 1.165) is 5.56 Å². The summed E-state index contributed by atoms with van der Waals surface area (Å²) in [6.45, 7) is 2.58. The second-order valence-electron chi connectivity index (χ2n) is 4.28. The quantitative estimate of drug-likeness (QED) is 0.598. The summed E-state index contributed by atoms with van der Waals surface area (Å²) in [5.74, 6) is 0.162. The molecule has 0 bridgehead atoms. The Balaban J connectivity index is 1.96. The molecule has 1 aromatic carbocycles. The van der Waals surface area contributed by atoms with Gasteiger partial charge in [0.25, 0.3) is 0 Å². The Hall–Kier alpha value is -1.88. The van der Waals surface area contributed by atoms with Crippen LogP contribution >= 0.6 is 0 Å². The highest BCUT2D eigenvalue weighted by Gasteiger charge is 2.16. The summed E-state index contributed by atoms with van der Waals surface area (Å²) >= 11 is 0. The second-order valence-corrected chi connectivity index (χ2v) is 4.28. The van der Waals surface area contributed by atoms with E-state index in [2.05, 4.69) is 0 Å². The number of nitrogens with one attached hydrogen (secondary N) is 1. The van der Waals surface area contributed by atoms with E-state index in [1.54, 1.807) is 12.1 Å². The molecular formula is C13H17N3O2. The van der Waals surface area contributed by atoms with Crippen molar-refractivity contribution in [3.05, 3.63) is 35.4 Å². The molecule has 0 saturated carbocycles. The number of rotatable bonds is 3. The zero-order valence-corrected chi connectivity index (χ0v) is 10.2. The molecule has 1 aliphatic rings. The summed E-state index contributed by atoms with van der Waals surface area (Å²) in [6, 6.07) is 7.22. The first-order valence-corrected chi connectivity index (χ1v) is 5.95. The Morgan fingerprint density at radius 1 is 1.28 bits per heavy atom. The van der Waals surface area contributed by atoms with Crippen LogP contribution in [0.3, 0.4) is 0 Å². The lowest BCUT2D eigenvalue weighted by atomic mass is 10.1. The van der Waals surface area contributed by atoms with Crippen LogP contribution in [0.15, 0.2) is 24.3 Å². The van der Waals surface area contributed by atoms with Crippen molar-refractivity contribution in [1.82, 2.24) is 4.90 Å². The first-order chi connectivity index (χ1) is 8.66. The number of nitrogens with zero attached hydrogens (tertiary/aromatic N) is 1. The minimum Gasteiger partial charge on any atom is -0.384 e. The Bertz CT molecular complexity index is 436. The zero-order valence-electron chi connectivity index (χ0n) is 10.2. The largest absolute Gasteiger partial charge is 0.384 e. The highest BCUT2D eigenvalue weighted by atomic mass is 16.5. The van der Waals surface area contributed by atoms with E-state index >= 15 is 0 Å². The topological polar surface area (TPSA) is 79.4 Å². The van der Waals surface area contributed by atoms with Gasteiger partial charge in [0, 0.05) is 18.7 Å². The van der Waals surface area contributed by atoms with E-state index in [-0.39, 0.29) is 11.7 Å². The average Bonchev–Trinajstić information content (AvgIpc) is 2.40. The van der Waals surface area contributed by atoms with Crippen molar-refractivity contribution in [2.45, 2.75) is 6.42 Å². The maximum absolute atomic E-state index is 12.0. The Morgan fingerprint density at radius 3 is 2.44 bits per heavy atom. The molecule has 2 rings (SSSR count). The van der Waals surface area contributed by atoms with Gasteiger partial charge in [0.2, 0.25) is 5.91 Å². The third-order valence-electron chi connectivity index (χ3n) is 2.98. The van der Waals surface area contributed by atoms with Crippen molar-refractivity contribution in [3.63, 3.8) is 0 Å². The summed E-state index contributed by atoms with van der Waals surface area (Å²) in [7, 11) is 0. The minimum atomic E-state index is 0.0426. The van der Waals surface area contributed by atoms with Gasteiger partial charge in [-0.05, 0) is 5.56 Å². The van der Waals surface area contributed by atoms with Crippen LogP contribution in [0.25, 0.3) is 0 Å². The number of hydrogen-bond acceptors (Lipinski definition) is 3. The average molecular weight is 247 g/mol. The molecule has 0 radical (unpaired) electrons. The van der Waals surface area contributed by atoms with Crippen molar-refractivity contribution < 1.29 is 9.53 Å². The third-order valence-corrected chi connectivity index (χ3v) is 2.98. The van der Waals surface area contributed by atoms with Crippen molar-refractivity contribution in [2.24, 2.45) is 5.73 Å². The summed E-state index contributed by atoms with van der Waals surface area (Å²) in [6.07, 6.45) is 0.387. The van der Waals surface area contributed by atoms with Gasteiger partial charge in [0.05, 0.1) is 19.6 Å². The Morgan fingerprint density at radius 2 is 1.89 bits per heavy atom. The van der Waals surface area contributed by atoms with E-state index < -0.39 is 0 Å². The van der Waals surface area contributed by atoms with Crippen LogP contribution < -0.4 is 5.73 Å². The first kappa shape index (κ1) is 12.6. The fourth-order valence-electron chi connectivity index (χ4n) is 1.90. The number of carbonyl (C=O) groups is 1. The lowest BCUT2D eigenvalue weighted by molar-refractivity contribution is -0.134. The molecule has 1 amide bonds. The number of amidine groups is 1. The molecule has 1 saturated heterocycles. The predicted molar refractivity (Wildman–Crippen MR) is 68.6 cm³/mol. The van der Waals surface area contributed by atoms with Gasteiger partial charge in [0.1, 0.15) is 5.84 Å². The van der Waals surface area contributed by atoms with Crippen LogP contribution in [0.1, 0.15) is 11.1 Å². The van der Waals surface area contributed by atoms with Gasteiger partial charge in [-0.2, -0.15) is 0 Å². The monoisotopic (exact) mass is 247 g/mol. The maximum Gasteiger partial charge on any atom is 0.227 e. The van der Waals surface area contributed by atoms with Gasteiger partial charge in [-0.15, -0.1) is 0 Å². The number of benzene rings is 1. The molecule has 0 aliphatic carbocycles. The number of nitrogen functional groups attached to an aromatic ring is 1. The van der Waals surface area contributed by atoms with E-state index in [4.69, 9.17) is 15.9 Å². The number of carbonyl (C=O) groups excluding carboxylic acids is 1. The van der Waals surface area contributed by atoms with E-state index in [1.807, 2.05) is 17.0 Å². The number of nitrogens with two attached hydrogens (primary N) is 1. The molecule has 5 heteroatoms. The number of morpholine rings is 1. The molecule has 0 unspecified atom stereocenters. The first-order valence-electron chi connectivity index (χ1n) is 5.95. The van der Waals surface area contributed by atoms with E-state index in [1.165, 1.54) is 0 Å². The highest BCUT2D eigenvalue weighted by Crippen LogP contribution is 2.07. The van der Waals surface area contributed by atoms with Crippen LogP contribution in [-0.4, -0.2) is 42.9 Å². The minimum absolute atomic E-state index is 0.0426. The molecule has 1 aliphatic heterocycles. The molecule has 5 nitrogen and oxygen atoms in total. The standard InChI is InChI=1S/C13H17N3O2/c14-13(15)11-3-1-10(2-4-11)9-12(17)16-5-7-18-8-6-16/h1-4H,5-9H2,(H3,14,15). The summed E-state index contributed by atoms with van der Waals surface area (Å²) < 4.78 is 5.21. The molecule has 3 N–H and O–H groups in total. The molecular weight excluding hydrogens is 230 g/mol. The van der Waals surface area contributed by atoms with Crippen LogP contribution in [0.4, 0.5) is 0 Å². The number of hydrogen-bond donors (Lipinski definition) is 2.